The average Bonchev–Trinajstić information content (AvgIpc) is 3.08. The molecule has 2 fully saturated rings. The third kappa shape index (κ3) is 3.20. The van der Waals surface area contributed by atoms with Crippen molar-refractivity contribution >= 4 is 11.8 Å². The molecule has 1 saturated carbocycles. The number of amides is 2. The molecule has 1 atom stereocenters. The minimum atomic E-state index is -0.265. The molecule has 2 heterocycles. The zero-order valence-electron chi connectivity index (χ0n) is 12.1. The van der Waals surface area contributed by atoms with Crippen molar-refractivity contribution in [3.05, 3.63) is 17.9 Å². The van der Waals surface area contributed by atoms with Crippen molar-refractivity contribution in [1.82, 2.24) is 10.2 Å². The van der Waals surface area contributed by atoms with Crippen molar-refractivity contribution in [2.45, 2.75) is 32.2 Å². The van der Waals surface area contributed by atoms with Gasteiger partial charge < -0.3 is 19.4 Å². The molecule has 0 spiro atoms. The summed E-state index contributed by atoms with van der Waals surface area (Å²) in [4.78, 5) is 25.8. The molecule has 21 heavy (non-hydrogen) atoms. The van der Waals surface area contributed by atoms with Crippen molar-refractivity contribution < 1.29 is 18.7 Å². The van der Waals surface area contributed by atoms with Gasteiger partial charge in [0.1, 0.15) is 0 Å². The Bertz CT molecular complexity index is 536. The molecule has 3 rings (SSSR count). The SMILES string of the molecule is CCOc1ccc(C(=O)NC[C@@H]2CC(=O)N(C3CC3)C2)o1. The van der Waals surface area contributed by atoms with Gasteiger partial charge in [0.25, 0.3) is 11.9 Å². The quantitative estimate of drug-likeness (QED) is 0.860. The van der Waals surface area contributed by atoms with Gasteiger partial charge >= 0.3 is 0 Å². The summed E-state index contributed by atoms with van der Waals surface area (Å²) in [5.41, 5.74) is 0. The maximum absolute atomic E-state index is 12.0. The summed E-state index contributed by atoms with van der Waals surface area (Å²) in [7, 11) is 0. The van der Waals surface area contributed by atoms with Crippen molar-refractivity contribution in [2.24, 2.45) is 5.92 Å². The maximum Gasteiger partial charge on any atom is 0.287 e. The number of ether oxygens (including phenoxy) is 1. The predicted molar refractivity (Wildman–Crippen MR) is 75.1 cm³/mol. The predicted octanol–water partition coefficient (Wildman–Crippen LogP) is 1.42. The van der Waals surface area contributed by atoms with Gasteiger partial charge in [0, 0.05) is 37.5 Å². The lowest BCUT2D eigenvalue weighted by Gasteiger charge is -2.15. The van der Waals surface area contributed by atoms with E-state index in [0.29, 0.717) is 31.6 Å². The average molecular weight is 292 g/mol. The molecule has 2 aliphatic rings. The number of carbonyl (C=O) groups excluding carboxylic acids is 2. The van der Waals surface area contributed by atoms with Crippen molar-refractivity contribution in [2.75, 3.05) is 19.7 Å². The van der Waals surface area contributed by atoms with E-state index in [2.05, 4.69) is 5.32 Å². The molecule has 1 aliphatic carbocycles. The highest BCUT2D eigenvalue weighted by atomic mass is 16.6. The molecule has 6 heteroatoms. The molecule has 1 N–H and O–H groups in total. The number of carbonyl (C=O) groups is 2. The summed E-state index contributed by atoms with van der Waals surface area (Å²) in [6.45, 7) is 3.60. The monoisotopic (exact) mass is 292 g/mol. The standard InChI is InChI=1S/C15H20N2O4/c1-2-20-14-6-5-12(21-14)15(19)16-8-10-7-13(18)17(9-10)11-3-4-11/h5-6,10-11H,2-4,7-9H2,1H3,(H,16,19)/t10-/m0/s1. The van der Waals surface area contributed by atoms with Crippen LogP contribution >= 0.6 is 0 Å². The molecule has 2 amide bonds. The van der Waals surface area contributed by atoms with E-state index in [9.17, 15) is 9.59 Å². The summed E-state index contributed by atoms with van der Waals surface area (Å²) >= 11 is 0. The number of nitrogens with zero attached hydrogens (tertiary/aromatic N) is 1. The minimum Gasteiger partial charge on any atom is -0.465 e. The fourth-order valence-corrected chi connectivity index (χ4v) is 2.67. The van der Waals surface area contributed by atoms with Gasteiger partial charge in [0.15, 0.2) is 5.76 Å². The Hall–Kier alpha value is -1.98. The van der Waals surface area contributed by atoms with Crippen molar-refractivity contribution in [1.29, 1.82) is 0 Å². The maximum atomic E-state index is 12.0. The van der Waals surface area contributed by atoms with Crippen LogP contribution in [0.4, 0.5) is 0 Å². The molecular formula is C15H20N2O4. The first-order chi connectivity index (χ1) is 10.2. The summed E-state index contributed by atoms with van der Waals surface area (Å²) in [6.07, 6.45) is 2.77. The van der Waals surface area contributed by atoms with E-state index in [4.69, 9.17) is 9.15 Å². The molecule has 6 nitrogen and oxygen atoms in total. The zero-order valence-corrected chi connectivity index (χ0v) is 12.1. The Kier molecular flexibility index (Phi) is 3.86. The Morgan fingerprint density at radius 3 is 3.00 bits per heavy atom. The fourth-order valence-electron chi connectivity index (χ4n) is 2.67. The number of likely N-dealkylation sites (tertiary alicyclic amines) is 1. The Balaban J connectivity index is 1.48. The van der Waals surface area contributed by atoms with Gasteiger partial charge in [-0.05, 0) is 25.8 Å². The van der Waals surface area contributed by atoms with E-state index in [-0.39, 0.29) is 23.5 Å². The molecule has 1 saturated heterocycles. The van der Waals surface area contributed by atoms with Gasteiger partial charge in [0.05, 0.1) is 6.61 Å². The van der Waals surface area contributed by atoms with Crippen LogP contribution in [-0.2, 0) is 4.79 Å². The molecule has 1 aromatic heterocycles. The second-order valence-electron chi connectivity index (χ2n) is 5.61. The first-order valence-electron chi connectivity index (χ1n) is 7.47. The normalized spacial score (nSPS) is 21.7. The van der Waals surface area contributed by atoms with Gasteiger partial charge in [-0.3, -0.25) is 9.59 Å². The molecule has 114 valence electrons. The molecule has 0 bridgehead atoms. The number of furan rings is 1. The van der Waals surface area contributed by atoms with Crippen molar-refractivity contribution in [3.8, 4) is 5.95 Å². The van der Waals surface area contributed by atoms with Crippen LogP contribution in [0.25, 0.3) is 0 Å². The van der Waals surface area contributed by atoms with Crippen LogP contribution in [0.5, 0.6) is 5.95 Å². The van der Waals surface area contributed by atoms with Gasteiger partial charge in [-0.1, -0.05) is 0 Å². The second kappa shape index (κ2) is 5.79. The molecule has 0 aromatic carbocycles. The molecule has 0 unspecified atom stereocenters. The van der Waals surface area contributed by atoms with E-state index < -0.39 is 0 Å². The number of hydrogen-bond donors (Lipinski definition) is 1. The molecular weight excluding hydrogens is 272 g/mol. The molecule has 1 aromatic rings. The summed E-state index contributed by atoms with van der Waals surface area (Å²) in [5.74, 6) is 0.732. The number of hydrogen-bond acceptors (Lipinski definition) is 4. The first-order valence-corrected chi connectivity index (χ1v) is 7.47. The highest BCUT2D eigenvalue weighted by Gasteiger charge is 2.39. The smallest absolute Gasteiger partial charge is 0.287 e. The van der Waals surface area contributed by atoms with Gasteiger partial charge in [-0.15, -0.1) is 0 Å². The molecule has 1 aliphatic heterocycles. The van der Waals surface area contributed by atoms with E-state index in [1.807, 2.05) is 11.8 Å². The van der Waals surface area contributed by atoms with Gasteiger partial charge in [-0.2, -0.15) is 0 Å². The fraction of sp³-hybridized carbons (Fsp3) is 0.600. The van der Waals surface area contributed by atoms with E-state index in [1.54, 1.807) is 12.1 Å². The van der Waals surface area contributed by atoms with Crippen LogP contribution in [0.3, 0.4) is 0 Å². The van der Waals surface area contributed by atoms with Gasteiger partial charge in [0.2, 0.25) is 5.91 Å². The topological polar surface area (TPSA) is 71.8 Å². The Labute approximate surface area is 123 Å². The summed E-state index contributed by atoms with van der Waals surface area (Å²) in [5, 5.41) is 2.83. The number of rotatable bonds is 6. The lowest BCUT2D eigenvalue weighted by molar-refractivity contribution is -0.128. The minimum absolute atomic E-state index is 0.198. The summed E-state index contributed by atoms with van der Waals surface area (Å²) in [6, 6.07) is 3.68. The van der Waals surface area contributed by atoms with Crippen LogP contribution in [0.2, 0.25) is 0 Å². The third-order valence-corrected chi connectivity index (χ3v) is 3.87. The van der Waals surface area contributed by atoms with E-state index in [1.165, 1.54) is 0 Å². The first kappa shape index (κ1) is 14.0. The Morgan fingerprint density at radius 2 is 2.29 bits per heavy atom. The zero-order chi connectivity index (χ0) is 14.8. The lowest BCUT2D eigenvalue weighted by atomic mass is 10.1. The Morgan fingerprint density at radius 1 is 1.48 bits per heavy atom. The lowest BCUT2D eigenvalue weighted by Crippen LogP contribution is -2.31. The van der Waals surface area contributed by atoms with E-state index >= 15 is 0 Å². The van der Waals surface area contributed by atoms with Crippen molar-refractivity contribution in [3.63, 3.8) is 0 Å². The van der Waals surface area contributed by atoms with Crippen LogP contribution < -0.4 is 10.1 Å². The van der Waals surface area contributed by atoms with Crippen LogP contribution in [0.1, 0.15) is 36.7 Å². The van der Waals surface area contributed by atoms with Gasteiger partial charge in [-0.25, -0.2) is 0 Å². The van der Waals surface area contributed by atoms with E-state index in [0.717, 1.165) is 19.4 Å². The van der Waals surface area contributed by atoms with Crippen LogP contribution in [-0.4, -0.2) is 42.5 Å². The number of nitrogens with one attached hydrogen (secondary N) is 1. The van der Waals surface area contributed by atoms with Crippen LogP contribution in [0.15, 0.2) is 16.5 Å². The second-order valence-corrected chi connectivity index (χ2v) is 5.61. The highest BCUT2D eigenvalue weighted by molar-refractivity contribution is 5.91. The largest absolute Gasteiger partial charge is 0.465 e. The molecule has 0 radical (unpaired) electrons. The van der Waals surface area contributed by atoms with Crippen LogP contribution in [0, 0.1) is 5.92 Å². The highest BCUT2D eigenvalue weighted by Crippen LogP contribution is 2.32. The third-order valence-electron chi connectivity index (χ3n) is 3.87. The summed E-state index contributed by atoms with van der Waals surface area (Å²) < 4.78 is 10.5.